The summed E-state index contributed by atoms with van der Waals surface area (Å²) in [6.07, 6.45) is -1.12. The largest absolute Gasteiger partial charge is 0.414 e. The molecule has 1 saturated heterocycles. The molecule has 0 amide bonds. The van der Waals surface area contributed by atoms with Gasteiger partial charge >= 0.3 is 10.3 Å². The lowest BCUT2D eigenvalue weighted by Crippen LogP contribution is -2.61. The van der Waals surface area contributed by atoms with E-state index in [0.29, 0.717) is 13.0 Å². The Morgan fingerprint density at radius 3 is 1.59 bits per heavy atom. The van der Waals surface area contributed by atoms with Crippen LogP contribution in [0.3, 0.4) is 0 Å². The molecule has 0 aromatic carbocycles. The molecule has 37 heavy (non-hydrogen) atoms. The van der Waals surface area contributed by atoms with Crippen LogP contribution in [0.5, 0.6) is 0 Å². The summed E-state index contributed by atoms with van der Waals surface area (Å²) in [5.74, 6) is 0. The lowest BCUT2D eigenvalue weighted by Gasteiger charge is -2.50. The maximum Gasteiger partial charge on any atom is 0.333 e. The van der Waals surface area contributed by atoms with Crippen LogP contribution in [0.2, 0.25) is 54.4 Å². The zero-order valence-electron chi connectivity index (χ0n) is 26.3. The Balaban J connectivity index is 3.49. The average Bonchev–Trinajstić information content (AvgIpc) is 2.63. The van der Waals surface area contributed by atoms with Crippen LogP contribution in [-0.2, 0) is 32.5 Å². The molecule has 0 aromatic rings. The number of ether oxygens (including phenoxy) is 1. The van der Waals surface area contributed by atoms with E-state index in [1.54, 1.807) is 0 Å². The monoisotopic (exact) mass is 599 g/mol. The van der Waals surface area contributed by atoms with Gasteiger partial charge < -0.3 is 18.0 Å². The molecule has 1 aliphatic rings. The molecule has 1 rings (SSSR count). The Hall–Kier alpha value is 0.361. The van der Waals surface area contributed by atoms with Crippen LogP contribution in [-0.4, -0.2) is 71.0 Å². The molecule has 12 heteroatoms. The van der Waals surface area contributed by atoms with Gasteiger partial charge in [0.15, 0.2) is 25.0 Å². The molecule has 0 radical (unpaired) electrons. The van der Waals surface area contributed by atoms with Crippen molar-refractivity contribution < 1.29 is 30.6 Å². The summed E-state index contributed by atoms with van der Waals surface area (Å²) in [7, 11) is -10.6. The zero-order chi connectivity index (χ0) is 29.5. The lowest BCUT2D eigenvalue weighted by atomic mass is 9.98. The molecule has 8 nitrogen and oxygen atoms in total. The van der Waals surface area contributed by atoms with Crippen LogP contribution in [0.1, 0.15) is 68.7 Å². The van der Waals surface area contributed by atoms with Gasteiger partial charge in [-0.15, -0.1) is 0 Å². The highest BCUT2D eigenvalue weighted by molar-refractivity contribution is 7.84. The molecular formula is C25H57NO7SSi3. The fourth-order valence-corrected chi connectivity index (χ4v) is 7.30. The Labute approximate surface area is 231 Å². The predicted octanol–water partition coefficient (Wildman–Crippen LogP) is 6.17. The number of hydrogen-bond donors (Lipinski definition) is 1. The summed E-state index contributed by atoms with van der Waals surface area (Å²) >= 11 is 0. The summed E-state index contributed by atoms with van der Waals surface area (Å²) in [5.41, 5.74) is 0. The second kappa shape index (κ2) is 11.7. The van der Waals surface area contributed by atoms with Crippen molar-refractivity contribution in [1.82, 2.24) is 0 Å². The summed E-state index contributed by atoms with van der Waals surface area (Å²) in [4.78, 5) is 0. The molecule has 0 spiro atoms. The first-order chi connectivity index (χ1) is 16.1. The quantitative estimate of drug-likeness (QED) is 0.299. The molecule has 0 unspecified atom stereocenters. The Morgan fingerprint density at radius 2 is 1.19 bits per heavy atom. The Kier molecular flexibility index (Phi) is 11.2. The highest BCUT2D eigenvalue weighted by Crippen LogP contribution is 2.44. The van der Waals surface area contributed by atoms with Crippen LogP contribution in [0.25, 0.3) is 0 Å². The van der Waals surface area contributed by atoms with Gasteiger partial charge in [-0.3, -0.25) is 4.18 Å². The van der Waals surface area contributed by atoms with E-state index in [0.717, 1.165) is 0 Å². The second-order valence-electron chi connectivity index (χ2n) is 15.1. The zero-order valence-corrected chi connectivity index (χ0v) is 30.1. The third-order valence-electron chi connectivity index (χ3n) is 8.92. The van der Waals surface area contributed by atoms with E-state index < -0.39 is 47.5 Å². The third-order valence-corrected chi connectivity index (χ3v) is 22.9. The third kappa shape index (κ3) is 10.0. The normalized spacial score (nSPS) is 25.4. The molecule has 0 bridgehead atoms. The summed E-state index contributed by atoms with van der Waals surface area (Å²) in [6, 6.07) is 0. The van der Waals surface area contributed by atoms with Crippen molar-refractivity contribution in [3.8, 4) is 0 Å². The summed E-state index contributed by atoms with van der Waals surface area (Å²) < 4.78 is 55.2. The minimum Gasteiger partial charge on any atom is -0.414 e. The van der Waals surface area contributed by atoms with Crippen LogP contribution < -0.4 is 5.14 Å². The molecule has 1 heterocycles. The van der Waals surface area contributed by atoms with Crippen molar-refractivity contribution in [2.45, 2.75) is 148 Å². The van der Waals surface area contributed by atoms with Crippen LogP contribution in [0, 0.1) is 0 Å². The van der Waals surface area contributed by atoms with E-state index >= 15 is 0 Å². The first-order valence-corrected chi connectivity index (χ1v) is 23.6. The van der Waals surface area contributed by atoms with E-state index in [1.165, 1.54) is 0 Å². The van der Waals surface area contributed by atoms with Gasteiger partial charge in [0.05, 0.1) is 31.5 Å². The topological polar surface area (TPSA) is 106 Å². The Bertz CT molecular complexity index is 859. The fraction of sp³-hybridized carbons (Fsp3) is 1.00. The van der Waals surface area contributed by atoms with Gasteiger partial charge in [0.2, 0.25) is 0 Å². The fourth-order valence-electron chi connectivity index (χ4n) is 3.27. The van der Waals surface area contributed by atoms with Crippen molar-refractivity contribution in [2.75, 3.05) is 13.2 Å². The lowest BCUT2D eigenvalue weighted by molar-refractivity contribution is -0.175. The highest BCUT2D eigenvalue weighted by Gasteiger charge is 2.50. The van der Waals surface area contributed by atoms with Gasteiger partial charge in [-0.25, -0.2) is 5.14 Å². The van der Waals surface area contributed by atoms with Crippen molar-refractivity contribution >= 4 is 35.3 Å². The van der Waals surface area contributed by atoms with Crippen LogP contribution >= 0.6 is 0 Å². The van der Waals surface area contributed by atoms with Crippen LogP contribution in [0.4, 0.5) is 0 Å². The van der Waals surface area contributed by atoms with Crippen molar-refractivity contribution in [3.63, 3.8) is 0 Å². The van der Waals surface area contributed by atoms with Gasteiger partial charge in [-0.2, -0.15) is 8.42 Å². The van der Waals surface area contributed by atoms with Crippen molar-refractivity contribution in [3.05, 3.63) is 0 Å². The van der Waals surface area contributed by atoms with E-state index in [1.807, 2.05) is 0 Å². The molecular weight excluding hydrogens is 543 g/mol. The number of hydrogen-bond acceptors (Lipinski definition) is 7. The molecule has 222 valence electrons. The molecule has 0 aromatic heterocycles. The van der Waals surface area contributed by atoms with Crippen molar-refractivity contribution in [1.29, 1.82) is 0 Å². The number of rotatable bonds is 10. The SMILES string of the molecule is CC(C)(C)[Si](C)(C)OC[C@H]1O[C@@H](COS(N)(=O)=O)C[C@@H](O[Si](C)(C)C(C)(C)C)[C@@H]1O[Si](C)(C)C(C)(C)C. The molecule has 4 atom stereocenters. The minimum atomic E-state index is -4.09. The summed E-state index contributed by atoms with van der Waals surface area (Å²) in [5, 5.41) is 5.15. The molecule has 0 aliphatic carbocycles. The van der Waals surface area contributed by atoms with E-state index in [4.69, 9.17) is 27.3 Å². The highest BCUT2D eigenvalue weighted by atomic mass is 32.2. The first kappa shape index (κ1) is 35.4. The predicted molar refractivity (Wildman–Crippen MR) is 160 cm³/mol. The number of nitrogens with two attached hydrogens (primary N) is 1. The first-order valence-electron chi connectivity index (χ1n) is 13.4. The maximum absolute atomic E-state index is 11.6. The van der Waals surface area contributed by atoms with E-state index in [2.05, 4.69) is 102 Å². The molecule has 1 aliphatic heterocycles. The molecule has 2 N–H and O–H groups in total. The standard InChI is InChI=1S/C25H57NO7SSi3/c1-23(2,3)35(10,11)30-18-21-22(33-37(14,15)25(7,8)9)20(32-36(12,13)24(4,5)6)16-19(31-21)17-29-34(26,27)28/h19-22H,16-18H2,1-15H3,(H2,26,27,28)/t19-,20-,21-,22+/m1/s1. The molecule has 0 saturated carbocycles. The van der Waals surface area contributed by atoms with Gasteiger partial charge in [0.25, 0.3) is 0 Å². The van der Waals surface area contributed by atoms with E-state index in [-0.39, 0.29) is 33.9 Å². The van der Waals surface area contributed by atoms with Gasteiger partial charge in [0.1, 0.15) is 6.10 Å². The van der Waals surface area contributed by atoms with Gasteiger partial charge in [-0.05, 0) is 54.4 Å². The average molecular weight is 600 g/mol. The second-order valence-corrected chi connectivity index (χ2v) is 30.7. The Morgan fingerprint density at radius 1 is 0.757 bits per heavy atom. The van der Waals surface area contributed by atoms with Crippen LogP contribution in [0.15, 0.2) is 0 Å². The van der Waals surface area contributed by atoms with Gasteiger partial charge in [0, 0.05) is 6.42 Å². The summed E-state index contributed by atoms with van der Waals surface area (Å²) in [6.45, 7) is 33.4. The molecule has 1 fully saturated rings. The minimum absolute atomic E-state index is 0.00700. The van der Waals surface area contributed by atoms with E-state index in [9.17, 15) is 8.42 Å². The smallest absolute Gasteiger partial charge is 0.333 e. The maximum atomic E-state index is 11.6. The van der Waals surface area contributed by atoms with Crippen molar-refractivity contribution in [2.24, 2.45) is 5.14 Å². The van der Waals surface area contributed by atoms with Gasteiger partial charge in [-0.1, -0.05) is 62.3 Å².